The Hall–Kier alpha value is -4.27. The van der Waals surface area contributed by atoms with Gasteiger partial charge in [0.2, 0.25) is 11.8 Å². The van der Waals surface area contributed by atoms with Crippen LogP contribution in [0.25, 0.3) is 0 Å². The third-order valence-corrected chi connectivity index (χ3v) is 5.75. The van der Waals surface area contributed by atoms with Gasteiger partial charge in [0.05, 0.1) is 23.3 Å². The van der Waals surface area contributed by atoms with Gasteiger partial charge in [0.25, 0.3) is 0 Å². The molecule has 2 amide bonds. The molecule has 0 saturated carbocycles. The molecule has 1 saturated heterocycles. The first-order valence-electron chi connectivity index (χ1n) is 11.0. The molecular formula is C21H26ClN7O8. The molecule has 1 fully saturated rings. The van der Waals surface area contributed by atoms with E-state index < -0.39 is 57.1 Å². The molecule has 3 rings (SSSR count). The Labute approximate surface area is 216 Å². The first kappa shape index (κ1) is 29.0. The quantitative estimate of drug-likeness (QED) is 0.224. The molecule has 1 aliphatic heterocycles. The summed E-state index contributed by atoms with van der Waals surface area (Å²) in [6.07, 6.45) is 3.73. The molecule has 0 unspecified atom stereocenters. The van der Waals surface area contributed by atoms with Crippen LogP contribution >= 0.6 is 12.4 Å². The number of nitro benzene ring substituents is 2. The highest BCUT2D eigenvalue weighted by atomic mass is 35.5. The van der Waals surface area contributed by atoms with E-state index in [0.29, 0.717) is 18.5 Å². The summed E-state index contributed by atoms with van der Waals surface area (Å²) in [6.45, 7) is 1.69. The Bertz CT molecular complexity index is 1160. The SMILES string of the molecule is COC(=O)[C@H](C)NC(=O)[C@@H]1CCCN1C(=O)[C@H](Cc1cnc[nH]1)Nc1cccc([N+](=O)[O-])c1[N+](=O)[O-].Cl. The highest BCUT2D eigenvalue weighted by Crippen LogP contribution is 2.35. The van der Waals surface area contributed by atoms with Crippen LogP contribution in [0.5, 0.6) is 0 Å². The Balaban J connectivity index is 0.00000481. The third kappa shape index (κ3) is 6.69. The van der Waals surface area contributed by atoms with Crippen molar-refractivity contribution in [1.82, 2.24) is 20.2 Å². The van der Waals surface area contributed by atoms with Crippen LogP contribution < -0.4 is 10.6 Å². The fourth-order valence-corrected chi connectivity index (χ4v) is 4.04. The maximum atomic E-state index is 13.6. The Morgan fingerprint density at radius 3 is 2.59 bits per heavy atom. The number of halogens is 1. The van der Waals surface area contributed by atoms with E-state index in [1.165, 1.54) is 43.6 Å². The number of imidazole rings is 1. The molecule has 2 heterocycles. The molecule has 3 atom stereocenters. The largest absolute Gasteiger partial charge is 0.467 e. The number of nitro groups is 2. The van der Waals surface area contributed by atoms with Gasteiger partial charge in [0.15, 0.2) is 0 Å². The van der Waals surface area contributed by atoms with E-state index in [9.17, 15) is 34.6 Å². The number of ether oxygens (including phenoxy) is 1. The van der Waals surface area contributed by atoms with Crippen LogP contribution in [0.1, 0.15) is 25.5 Å². The summed E-state index contributed by atoms with van der Waals surface area (Å²) in [5.41, 5.74) is -1.21. The number of anilines is 1. The highest BCUT2D eigenvalue weighted by Gasteiger charge is 2.39. The summed E-state index contributed by atoms with van der Waals surface area (Å²) in [5, 5.41) is 28.3. The van der Waals surface area contributed by atoms with Gasteiger partial charge in [-0.3, -0.25) is 29.8 Å². The van der Waals surface area contributed by atoms with Gasteiger partial charge in [-0.1, -0.05) is 6.07 Å². The second kappa shape index (κ2) is 12.6. The van der Waals surface area contributed by atoms with Crippen molar-refractivity contribution >= 4 is 47.3 Å². The van der Waals surface area contributed by atoms with Crippen molar-refractivity contribution in [1.29, 1.82) is 0 Å². The topological polar surface area (TPSA) is 203 Å². The molecule has 15 nitrogen and oxygen atoms in total. The van der Waals surface area contributed by atoms with Crippen LogP contribution in [0.2, 0.25) is 0 Å². The first-order valence-corrected chi connectivity index (χ1v) is 11.0. The summed E-state index contributed by atoms with van der Waals surface area (Å²) in [5.74, 6) is -1.73. The van der Waals surface area contributed by atoms with E-state index in [0.717, 1.165) is 6.07 Å². The predicted molar refractivity (Wildman–Crippen MR) is 131 cm³/mol. The second-order valence-electron chi connectivity index (χ2n) is 8.11. The molecule has 0 spiro atoms. The van der Waals surface area contributed by atoms with Crippen LogP contribution in [-0.2, 0) is 25.5 Å². The second-order valence-corrected chi connectivity index (χ2v) is 8.11. The van der Waals surface area contributed by atoms with Gasteiger partial charge in [-0.25, -0.2) is 9.78 Å². The number of esters is 1. The first-order chi connectivity index (χ1) is 17.1. The van der Waals surface area contributed by atoms with Crippen LogP contribution in [0, 0.1) is 20.2 Å². The zero-order chi connectivity index (χ0) is 26.4. The molecule has 0 radical (unpaired) electrons. The van der Waals surface area contributed by atoms with Crippen molar-refractivity contribution in [3.8, 4) is 0 Å². The minimum absolute atomic E-state index is 0. The maximum absolute atomic E-state index is 13.6. The third-order valence-electron chi connectivity index (χ3n) is 5.75. The maximum Gasteiger partial charge on any atom is 0.368 e. The number of likely N-dealkylation sites (tertiary alicyclic amines) is 1. The number of para-hydroxylation sites is 1. The Morgan fingerprint density at radius 1 is 1.27 bits per heavy atom. The van der Waals surface area contributed by atoms with Crippen LogP contribution in [0.3, 0.4) is 0 Å². The zero-order valence-electron chi connectivity index (χ0n) is 19.9. The number of aromatic nitrogens is 2. The van der Waals surface area contributed by atoms with E-state index in [4.69, 9.17) is 0 Å². The fourth-order valence-electron chi connectivity index (χ4n) is 4.04. The monoisotopic (exact) mass is 539 g/mol. The van der Waals surface area contributed by atoms with Gasteiger partial charge in [-0.15, -0.1) is 12.4 Å². The predicted octanol–water partition coefficient (Wildman–Crippen LogP) is 1.34. The number of H-pyrrole nitrogens is 1. The van der Waals surface area contributed by atoms with Crippen molar-refractivity contribution in [2.75, 3.05) is 19.0 Å². The molecular weight excluding hydrogens is 514 g/mol. The number of aromatic amines is 1. The lowest BCUT2D eigenvalue weighted by Crippen LogP contribution is -2.53. The Morgan fingerprint density at radius 2 is 2.00 bits per heavy atom. The molecule has 0 bridgehead atoms. The lowest BCUT2D eigenvalue weighted by atomic mass is 10.1. The van der Waals surface area contributed by atoms with E-state index in [1.807, 2.05) is 0 Å². The van der Waals surface area contributed by atoms with Gasteiger partial charge < -0.3 is 25.3 Å². The number of carbonyl (C=O) groups is 3. The molecule has 2 aromatic rings. The lowest BCUT2D eigenvalue weighted by molar-refractivity contribution is -0.421. The van der Waals surface area contributed by atoms with Crippen molar-refractivity contribution in [3.63, 3.8) is 0 Å². The standard InChI is InChI=1S/C21H25N7O8.ClH/c1-12(21(31)36-2)24-19(29)17-7-4-8-26(17)20(30)15(9-13-10-22-11-23-13)25-14-5-3-6-16(27(32)33)18(14)28(34)35;/h3,5-6,10-12,15,17,25H,4,7-9H2,1-2H3,(H,22,23)(H,24,29);1H/t12-,15-,17-;/m0./s1. The van der Waals surface area contributed by atoms with Crippen LogP contribution in [-0.4, -0.2) is 74.3 Å². The van der Waals surface area contributed by atoms with Crippen molar-refractivity contribution in [2.24, 2.45) is 0 Å². The fraction of sp³-hybridized carbons (Fsp3) is 0.429. The number of methoxy groups -OCH3 is 1. The summed E-state index contributed by atoms with van der Waals surface area (Å²) < 4.78 is 4.61. The number of hydrogen-bond donors (Lipinski definition) is 3. The molecule has 37 heavy (non-hydrogen) atoms. The normalized spacial score (nSPS) is 16.2. The van der Waals surface area contributed by atoms with Gasteiger partial charge in [0.1, 0.15) is 23.8 Å². The molecule has 16 heteroatoms. The van der Waals surface area contributed by atoms with Crippen molar-refractivity contribution in [3.05, 3.63) is 56.6 Å². The summed E-state index contributed by atoms with van der Waals surface area (Å²) in [6, 6.07) is 0.605. The minimum Gasteiger partial charge on any atom is -0.467 e. The van der Waals surface area contributed by atoms with Crippen LogP contribution in [0.4, 0.5) is 17.1 Å². The molecule has 3 N–H and O–H groups in total. The smallest absolute Gasteiger partial charge is 0.368 e. The molecule has 200 valence electrons. The number of hydrogen-bond acceptors (Lipinski definition) is 10. The van der Waals surface area contributed by atoms with Gasteiger partial charge in [-0.2, -0.15) is 0 Å². The highest BCUT2D eigenvalue weighted by molar-refractivity contribution is 5.94. The lowest BCUT2D eigenvalue weighted by Gasteiger charge is -2.29. The molecule has 1 aromatic heterocycles. The number of carbonyl (C=O) groups excluding carboxylic acids is 3. The number of nitrogens with zero attached hydrogens (tertiary/aromatic N) is 4. The number of amides is 2. The van der Waals surface area contributed by atoms with E-state index >= 15 is 0 Å². The van der Waals surface area contributed by atoms with Crippen molar-refractivity contribution in [2.45, 2.75) is 44.3 Å². The number of rotatable bonds is 10. The summed E-state index contributed by atoms with van der Waals surface area (Å²) in [7, 11) is 1.19. The van der Waals surface area contributed by atoms with E-state index in [2.05, 4.69) is 25.3 Å². The molecule has 1 aliphatic rings. The average Bonchev–Trinajstić information content (AvgIpc) is 3.54. The minimum atomic E-state index is -1.13. The summed E-state index contributed by atoms with van der Waals surface area (Å²) in [4.78, 5) is 67.5. The van der Waals surface area contributed by atoms with Gasteiger partial charge in [0, 0.05) is 30.9 Å². The van der Waals surface area contributed by atoms with Gasteiger partial charge in [-0.05, 0) is 25.8 Å². The summed E-state index contributed by atoms with van der Waals surface area (Å²) >= 11 is 0. The van der Waals surface area contributed by atoms with E-state index in [-0.39, 0.29) is 31.1 Å². The average molecular weight is 540 g/mol. The number of benzene rings is 1. The molecule has 0 aliphatic carbocycles. The Kier molecular flexibility index (Phi) is 9.88. The van der Waals surface area contributed by atoms with Crippen LogP contribution in [0.15, 0.2) is 30.7 Å². The van der Waals surface area contributed by atoms with Gasteiger partial charge >= 0.3 is 17.3 Å². The zero-order valence-corrected chi connectivity index (χ0v) is 20.7. The van der Waals surface area contributed by atoms with E-state index in [1.54, 1.807) is 0 Å². The molecule has 1 aromatic carbocycles. The van der Waals surface area contributed by atoms with Crippen molar-refractivity contribution < 1.29 is 29.0 Å². The number of nitrogens with one attached hydrogen (secondary N) is 3.